The Morgan fingerprint density at radius 2 is 1.96 bits per heavy atom. The maximum absolute atomic E-state index is 12.0. The van der Waals surface area contributed by atoms with Crippen LogP contribution in [0.15, 0.2) is 35.3 Å². The van der Waals surface area contributed by atoms with E-state index < -0.39 is 24.2 Å². The van der Waals surface area contributed by atoms with Crippen LogP contribution >= 0.6 is 0 Å². The van der Waals surface area contributed by atoms with Gasteiger partial charge in [-0.15, -0.1) is 0 Å². The third-order valence-corrected chi connectivity index (χ3v) is 3.34. The highest BCUT2D eigenvalue weighted by Gasteiger charge is 2.12. The van der Waals surface area contributed by atoms with E-state index in [2.05, 4.69) is 4.99 Å². The first-order chi connectivity index (χ1) is 11.8. The first-order valence-corrected chi connectivity index (χ1v) is 7.78. The highest BCUT2D eigenvalue weighted by molar-refractivity contribution is 6.38. The summed E-state index contributed by atoms with van der Waals surface area (Å²) in [6.45, 7) is -0.813. The minimum atomic E-state index is -1.43. The largest absolute Gasteiger partial charge is 0.477 e. The molecule has 0 aromatic heterocycles. The van der Waals surface area contributed by atoms with Gasteiger partial charge in [-0.05, 0) is 30.5 Å². The fourth-order valence-corrected chi connectivity index (χ4v) is 1.93. The van der Waals surface area contributed by atoms with Crippen molar-refractivity contribution in [2.24, 2.45) is 4.99 Å². The van der Waals surface area contributed by atoms with Crippen LogP contribution in [-0.2, 0) is 9.59 Å². The third-order valence-electron chi connectivity index (χ3n) is 3.34. The molecule has 7 nitrogen and oxygen atoms in total. The topological polar surface area (TPSA) is 107 Å². The summed E-state index contributed by atoms with van der Waals surface area (Å²) in [5, 5.41) is 17.7. The molecule has 0 aliphatic rings. The fraction of sp³-hybridized carbons (Fsp3) is 0.333. The molecule has 0 unspecified atom stereocenters. The Kier molecular flexibility index (Phi) is 8.22. The van der Waals surface area contributed by atoms with Crippen LogP contribution in [0.1, 0.15) is 35.2 Å². The lowest BCUT2D eigenvalue weighted by Gasteiger charge is -2.08. The molecule has 0 radical (unpaired) electrons. The van der Waals surface area contributed by atoms with Crippen LogP contribution in [0.5, 0.6) is 0 Å². The molecule has 0 saturated heterocycles. The molecule has 1 rings (SSSR count). The Morgan fingerprint density at radius 3 is 2.56 bits per heavy atom. The van der Waals surface area contributed by atoms with E-state index in [9.17, 15) is 14.4 Å². The predicted octanol–water partition coefficient (Wildman–Crippen LogP) is 1.62. The number of hydrogen-bond donors (Lipinski definition) is 2. The molecule has 0 saturated carbocycles. The second kappa shape index (κ2) is 10.1. The molecule has 25 heavy (non-hydrogen) atoms. The van der Waals surface area contributed by atoms with Crippen molar-refractivity contribution in [3.8, 4) is 0 Å². The molecule has 0 bridgehead atoms. The van der Waals surface area contributed by atoms with Gasteiger partial charge >= 0.3 is 5.97 Å². The highest BCUT2D eigenvalue weighted by atomic mass is 16.4. The number of amides is 2. The third kappa shape index (κ3) is 7.09. The predicted molar refractivity (Wildman–Crippen MR) is 94.5 cm³/mol. The van der Waals surface area contributed by atoms with Gasteiger partial charge in [0.15, 0.2) is 5.71 Å². The summed E-state index contributed by atoms with van der Waals surface area (Å²) >= 11 is 0. The van der Waals surface area contributed by atoms with Crippen LogP contribution in [0, 0.1) is 0 Å². The lowest BCUT2D eigenvalue weighted by Crippen LogP contribution is -2.20. The number of carboxylic acid groups (broad SMARTS) is 1. The number of carbonyl (C=O) groups is 3. The first-order valence-electron chi connectivity index (χ1n) is 7.78. The molecule has 134 valence electrons. The van der Waals surface area contributed by atoms with Crippen molar-refractivity contribution < 1.29 is 24.6 Å². The van der Waals surface area contributed by atoms with Gasteiger partial charge in [-0.3, -0.25) is 9.59 Å². The maximum atomic E-state index is 12.0. The van der Waals surface area contributed by atoms with Gasteiger partial charge in [0.05, 0.1) is 6.61 Å². The number of nitrogens with zero attached hydrogens (tertiary/aromatic N) is 2. The summed E-state index contributed by atoms with van der Waals surface area (Å²) in [6.07, 6.45) is 5.67. The number of aliphatic imine (C=N–C) groups is 1. The molecular formula is C18H22N2O5. The summed E-state index contributed by atoms with van der Waals surface area (Å²) < 4.78 is 0. The van der Waals surface area contributed by atoms with Gasteiger partial charge in [-0.1, -0.05) is 24.3 Å². The van der Waals surface area contributed by atoms with Gasteiger partial charge in [-0.2, -0.15) is 0 Å². The number of aliphatic hydroxyl groups is 1. The maximum Gasteiger partial charge on any atom is 0.352 e. The van der Waals surface area contributed by atoms with E-state index in [1.807, 2.05) is 12.2 Å². The lowest BCUT2D eigenvalue weighted by atomic mass is 10.1. The number of unbranched alkanes of at least 4 members (excludes halogenated alkanes) is 1. The summed E-state index contributed by atoms with van der Waals surface area (Å²) in [5.41, 5.74) is 0.398. The van der Waals surface area contributed by atoms with Crippen LogP contribution in [0.4, 0.5) is 0 Å². The summed E-state index contributed by atoms with van der Waals surface area (Å²) in [5.74, 6) is -2.07. The molecule has 2 N–H and O–H groups in total. The van der Waals surface area contributed by atoms with Crippen LogP contribution in [-0.4, -0.2) is 59.3 Å². The van der Waals surface area contributed by atoms with E-state index in [1.54, 1.807) is 37.2 Å². The number of allylic oxidation sites excluding steroid dienone is 1. The van der Waals surface area contributed by atoms with E-state index in [0.717, 1.165) is 18.4 Å². The molecule has 0 aliphatic heterocycles. The fourth-order valence-electron chi connectivity index (χ4n) is 1.93. The van der Waals surface area contributed by atoms with Crippen molar-refractivity contribution in [3.05, 3.63) is 41.5 Å². The second-order valence-corrected chi connectivity index (χ2v) is 5.54. The second-order valence-electron chi connectivity index (χ2n) is 5.54. The quantitative estimate of drug-likeness (QED) is 0.549. The number of aliphatic hydroxyl groups excluding tert-OH is 1. The average molecular weight is 346 g/mol. The molecule has 0 heterocycles. The van der Waals surface area contributed by atoms with E-state index >= 15 is 0 Å². The molecule has 0 fully saturated rings. The van der Waals surface area contributed by atoms with Gasteiger partial charge in [0.25, 0.3) is 5.91 Å². The average Bonchev–Trinajstić information content (AvgIpc) is 2.58. The zero-order chi connectivity index (χ0) is 18.8. The van der Waals surface area contributed by atoms with Gasteiger partial charge in [0, 0.05) is 26.1 Å². The number of benzene rings is 1. The van der Waals surface area contributed by atoms with Crippen molar-refractivity contribution in [1.29, 1.82) is 0 Å². The van der Waals surface area contributed by atoms with Gasteiger partial charge in [0.2, 0.25) is 5.91 Å². The smallest absolute Gasteiger partial charge is 0.352 e. The summed E-state index contributed by atoms with van der Waals surface area (Å²) in [7, 11) is 3.44. The SMILES string of the molecule is CN(C)C(=O)CCC/C=C\c1cccc(C(=O)/N=C(\CO)C(=O)O)c1. The van der Waals surface area contributed by atoms with Crippen molar-refractivity contribution in [1.82, 2.24) is 4.90 Å². The normalized spacial score (nSPS) is 11.6. The molecule has 1 aromatic carbocycles. The number of carbonyl (C=O) groups excluding carboxylic acids is 2. The lowest BCUT2D eigenvalue weighted by molar-refractivity contribution is -0.130. The Labute approximate surface area is 146 Å². The molecule has 0 atom stereocenters. The Morgan fingerprint density at radius 1 is 1.24 bits per heavy atom. The van der Waals surface area contributed by atoms with Crippen LogP contribution in [0.3, 0.4) is 0 Å². The molecule has 0 aliphatic carbocycles. The van der Waals surface area contributed by atoms with Crippen molar-refractivity contribution in [3.63, 3.8) is 0 Å². The Balaban J connectivity index is 2.68. The van der Waals surface area contributed by atoms with E-state index in [0.29, 0.717) is 6.42 Å². The van der Waals surface area contributed by atoms with Crippen LogP contribution < -0.4 is 0 Å². The van der Waals surface area contributed by atoms with E-state index in [4.69, 9.17) is 10.2 Å². The number of hydrogen-bond acceptors (Lipinski definition) is 4. The Hall–Kier alpha value is -2.80. The Bertz CT molecular complexity index is 692. The molecule has 7 heteroatoms. The van der Waals surface area contributed by atoms with Crippen LogP contribution in [0.25, 0.3) is 6.08 Å². The van der Waals surface area contributed by atoms with Crippen molar-refractivity contribution in [2.45, 2.75) is 19.3 Å². The van der Waals surface area contributed by atoms with Gasteiger partial charge in [-0.25, -0.2) is 9.79 Å². The van der Waals surface area contributed by atoms with E-state index in [1.165, 1.54) is 6.07 Å². The highest BCUT2D eigenvalue weighted by Crippen LogP contribution is 2.10. The molecular weight excluding hydrogens is 324 g/mol. The number of rotatable bonds is 8. The molecule has 2 amide bonds. The van der Waals surface area contributed by atoms with E-state index in [-0.39, 0.29) is 11.5 Å². The minimum absolute atomic E-state index is 0.0805. The van der Waals surface area contributed by atoms with Gasteiger partial charge < -0.3 is 15.1 Å². The van der Waals surface area contributed by atoms with Crippen molar-refractivity contribution >= 4 is 29.6 Å². The first kappa shape index (κ1) is 20.2. The summed E-state index contributed by atoms with van der Waals surface area (Å²) in [4.78, 5) is 39.1. The van der Waals surface area contributed by atoms with Crippen molar-refractivity contribution in [2.75, 3.05) is 20.7 Å². The standard InChI is InChI=1S/C18H22N2O5/c1-20(2)16(22)10-5-3-4-7-13-8-6-9-14(11-13)17(23)19-15(12-21)18(24)25/h4,6-9,11,21H,3,5,10,12H2,1-2H3,(H,24,25)/b7-4-,19-15+. The number of aliphatic carboxylic acids is 1. The molecule has 0 spiro atoms. The summed E-state index contributed by atoms with van der Waals surface area (Å²) in [6, 6.07) is 6.57. The van der Waals surface area contributed by atoms with Crippen LogP contribution in [0.2, 0.25) is 0 Å². The zero-order valence-corrected chi connectivity index (χ0v) is 14.3. The zero-order valence-electron chi connectivity index (χ0n) is 14.3. The van der Waals surface area contributed by atoms with Gasteiger partial charge in [0.1, 0.15) is 0 Å². The number of carboxylic acids is 1. The molecule has 1 aromatic rings. The monoisotopic (exact) mass is 346 g/mol. The minimum Gasteiger partial charge on any atom is -0.477 e.